The number of nitrogens with one attached hydrogen (secondary N) is 1. The molecule has 3 atom stereocenters. The molecule has 1 amide bonds. The third kappa shape index (κ3) is 3.26. The Morgan fingerprint density at radius 2 is 2.17 bits per heavy atom. The SMILES string of the molecule is COC(=O)[C@H]1C[C@@H]1C(=O)N[C@H](C)c1cccc(-n2cccn2)c1. The van der Waals surface area contributed by atoms with Crippen LogP contribution in [0.3, 0.4) is 0 Å². The summed E-state index contributed by atoms with van der Waals surface area (Å²) in [5.74, 6) is -0.960. The molecule has 6 nitrogen and oxygen atoms in total. The topological polar surface area (TPSA) is 73.2 Å². The molecule has 0 bridgehead atoms. The van der Waals surface area contributed by atoms with Crippen LogP contribution >= 0.6 is 0 Å². The zero-order chi connectivity index (χ0) is 16.4. The Bertz CT molecular complexity index is 712. The first-order chi connectivity index (χ1) is 11.1. The number of methoxy groups -OCH3 is 1. The van der Waals surface area contributed by atoms with Gasteiger partial charge in [0.1, 0.15) is 0 Å². The van der Waals surface area contributed by atoms with E-state index in [1.165, 1.54) is 7.11 Å². The Kier molecular flexibility index (Phi) is 4.14. The number of carbonyl (C=O) groups excluding carboxylic acids is 2. The second kappa shape index (κ2) is 6.24. The minimum Gasteiger partial charge on any atom is -0.469 e. The van der Waals surface area contributed by atoms with E-state index in [1.807, 2.05) is 43.5 Å². The molecule has 6 heteroatoms. The average molecular weight is 313 g/mol. The molecular formula is C17H19N3O3. The van der Waals surface area contributed by atoms with Crippen LogP contribution in [0.1, 0.15) is 24.9 Å². The molecule has 1 aliphatic carbocycles. The number of aromatic nitrogens is 2. The van der Waals surface area contributed by atoms with Crippen LogP contribution < -0.4 is 5.32 Å². The predicted molar refractivity (Wildman–Crippen MR) is 83.7 cm³/mol. The van der Waals surface area contributed by atoms with Crippen LogP contribution in [-0.4, -0.2) is 28.8 Å². The number of benzene rings is 1. The summed E-state index contributed by atoms with van der Waals surface area (Å²) in [7, 11) is 1.35. The van der Waals surface area contributed by atoms with Crippen molar-refractivity contribution in [3.05, 3.63) is 48.3 Å². The molecule has 1 heterocycles. The lowest BCUT2D eigenvalue weighted by atomic mass is 10.1. The summed E-state index contributed by atoms with van der Waals surface area (Å²) in [6.07, 6.45) is 4.16. The van der Waals surface area contributed by atoms with Crippen LogP contribution in [0, 0.1) is 11.8 Å². The van der Waals surface area contributed by atoms with E-state index in [1.54, 1.807) is 10.9 Å². The molecule has 2 aromatic rings. The molecule has 120 valence electrons. The third-order valence-electron chi connectivity index (χ3n) is 4.13. The Morgan fingerprint density at radius 3 is 2.87 bits per heavy atom. The minimum atomic E-state index is -0.307. The number of hydrogen-bond acceptors (Lipinski definition) is 4. The van der Waals surface area contributed by atoms with E-state index in [0.29, 0.717) is 6.42 Å². The zero-order valence-electron chi connectivity index (χ0n) is 13.1. The summed E-state index contributed by atoms with van der Waals surface area (Å²) in [6.45, 7) is 1.93. The van der Waals surface area contributed by atoms with Gasteiger partial charge in [0.15, 0.2) is 0 Å². The van der Waals surface area contributed by atoms with Crippen molar-refractivity contribution in [1.82, 2.24) is 15.1 Å². The van der Waals surface area contributed by atoms with Crippen LogP contribution in [0.4, 0.5) is 0 Å². The second-order valence-corrected chi connectivity index (χ2v) is 5.75. The standard InChI is InChI=1S/C17H19N3O3/c1-11(19-16(21)14-10-15(14)17(22)23-2)12-5-3-6-13(9-12)20-8-4-7-18-20/h3-9,11,14-15H,10H2,1-2H3,(H,19,21)/t11-,14+,15+/m1/s1. The van der Waals surface area contributed by atoms with Crippen LogP contribution in [0.25, 0.3) is 5.69 Å². The summed E-state index contributed by atoms with van der Waals surface area (Å²) in [4.78, 5) is 23.6. The fraction of sp³-hybridized carbons (Fsp3) is 0.353. The summed E-state index contributed by atoms with van der Waals surface area (Å²) < 4.78 is 6.44. The van der Waals surface area contributed by atoms with Gasteiger partial charge >= 0.3 is 5.97 Å². The van der Waals surface area contributed by atoms with Gasteiger partial charge < -0.3 is 10.1 Å². The van der Waals surface area contributed by atoms with Gasteiger partial charge in [-0.15, -0.1) is 0 Å². The molecule has 23 heavy (non-hydrogen) atoms. The highest BCUT2D eigenvalue weighted by Crippen LogP contribution is 2.39. The lowest BCUT2D eigenvalue weighted by Crippen LogP contribution is -2.29. The number of nitrogens with zero attached hydrogens (tertiary/aromatic N) is 2. The van der Waals surface area contributed by atoms with Gasteiger partial charge in [-0.1, -0.05) is 12.1 Å². The van der Waals surface area contributed by atoms with Gasteiger partial charge in [-0.3, -0.25) is 9.59 Å². The van der Waals surface area contributed by atoms with Crippen molar-refractivity contribution in [3.63, 3.8) is 0 Å². The maximum Gasteiger partial charge on any atom is 0.309 e. The third-order valence-corrected chi connectivity index (χ3v) is 4.13. The van der Waals surface area contributed by atoms with E-state index in [2.05, 4.69) is 15.2 Å². The molecule has 0 unspecified atom stereocenters. The highest BCUT2D eigenvalue weighted by Gasteiger charge is 2.49. The number of amides is 1. The van der Waals surface area contributed by atoms with E-state index < -0.39 is 0 Å². The normalized spacial score (nSPS) is 20.6. The molecule has 1 saturated carbocycles. The monoisotopic (exact) mass is 313 g/mol. The van der Waals surface area contributed by atoms with E-state index in [4.69, 9.17) is 0 Å². The highest BCUT2D eigenvalue weighted by atomic mass is 16.5. The van der Waals surface area contributed by atoms with Crippen LogP contribution in [0.15, 0.2) is 42.7 Å². The van der Waals surface area contributed by atoms with Gasteiger partial charge in [0.25, 0.3) is 0 Å². The first kappa shape index (κ1) is 15.3. The van der Waals surface area contributed by atoms with Crippen molar-refractivity contribution in [2.24, 2.45) is 11.8 Å². The van der Waals surface area contributed by atoms with Gasteiger partial charge in [0.2, 0.25) is 5.91 Å². The van der Waals surface area contributed by atoms with Crippen molar-refractivity contribution in [2.45, 2.75) is 19.4 Å². The average Bonchev–Trinajstić information content (AvgIpc) is 3.19. The van der Waals surface area contributed by atoms with Gasteiger partial charge in [0, 0.05) is 12.4 Å². The molecule has 3 rings (SSSR count). The van der Waals surface area contributed by atoms with Gasteiger partial charge in [-0.05, 0) is 37.1 Å². The van der Waals surface area contributed by atoms with E-state index in [9.17, 15) is 9.59 Å². The number of esters is 1. The van der Waals surface area contributed by atoms with E-state index in [0.717, 1.165) is 11.3 Å². The number of ether oxygens (including phenoxy) is 1. The fourth-order valence-electron chi connectivity index (χ4n) is 2.66. The zero-order valence-corrected chi connectivity index (χ0v) is 13.1. The molecule has 1 aliphatic rings. The first-order valence-electron chi connectivity index (χ1n) is 7.58. The smallest absolute Gasteiger partial charge is 0.309 e. The summed E-state index contributed by atoms with van der Waals surface area (Å²) in [5, 5.41) is 7.17. The van der Waals surface area contributed by atoms with Crippen LogP contribution in [-0.2, 0) is 14.3 Å². The molecule has 1 aromatic heterocycles. The lowest BCUT2D eigenvalue weighted by molar-refractivity contribution is -0.143. The summed E-state index contributed by atoms with van der Waals surface area (Å²) in [5.41, 5.74) is 1.93. The summed E-state index contributed by atoms with van der Waals surface area (Å²) >= 11 is 0. The van der Waals surface area contributed by atoms with E-state index >= 15 is 0 Å². The Balaban J connectivity index is 1.65. The van der Waals surface area contributed by atoms with Gasteiger partial charge in [0.05, 0.1) is 30.7 Å². The molecule has 1 fully saturated rings. The fourth-order valence-corrected chi connectivity index (χ4v) is 2.66. The van der Waals surface area contributed by atoms with Gasteiger partial charge in [-0.2, -0.15) is 5.10 Å². The molecule has 0 aliphatic heterocycles. The number of rotatable bonds is 5. The maximum atomic E-state index is 12.2. The molecular weight excluding hydrogens is 294 g/mol. The number of carbonyl (C=O) groups is 2. The lowest BCUT2D eigenvalue weighted by Gasteiger charge is -2.15. The highest BCUT2D eigenvalue weighted by molar-refractivity contribution is 5.90. The van der Waals surface area contributed by atoms with Gasteiger partial charge in [-0.25, -0.2) is 4.68 Å². The van der Waals surface area contributed by atoms with E-state index in [-0.39, 0.29) is 29.8 Å². The minimum absolute atomic E-state index is 0.0996. The Morgan fingerprint density at radius 1 is 1.35 bits per heavy atom. The molecule has 0 saturated heterocycles. The Labute approximate surface area is 134 Å². The first-order valence-corrected chi connectivity index (χ1v) is 7.58. The molecule has 0 spiro atoms. The van der Waals surface area contributed by atoms with Crippen LogP contribution in [0.5, 0.6) is 0 Å². The van der Waals surface area contributed by atoms with Crippen molar-refractivity contribution in [3.8, 4) is 5.69 Å². The van der Waals surface area contributed by atoms with Crippen molar-refractivity contribution in [2.75, 3.05) is 7.11 Å². The number of hydrogen-bond donors (Lipinski definition) is 1. The molecule has 1 aromatic carbocycles. The largest absolute Gasteiger partial charge is 0.469 e. The molecule has 1 N–H and O–H groups in total. The molecule has 0 radical (unpaired) electrons. The van der Waals surface area contributed by atoms with Crippen molar-refractivity contribution < 1.29 is 14.3 Å². The quantitative estimate of drug-likeness (QED) is 0.855. The van der Waals surface area contributed by atoms with Crippen molar-refractivity contribution in [1.29, 1.82) is 0 Å². The van der Waals surface area contributed by atoms with Crippen molar-refractivity contribution >= 4 is 11.9 Å². The second-order valence-electron chi connectivity index (χ2n) is 5.75. The summed E-state index contributed by atoms with van der Waals surface area (Å²) in [6, 6.07) is 9.56. The predicted octanol–water partition coefficient (Wildman–Crippen LogP) is 1.86. The Hall–Kier alpha value is -2.63. The van der Waals surface area contributed by atoms with Crippen LogP contribution in [0.2, 0.25) is 0 Å². The maximum absolute atomic E-state index is 12.2.